The molecular weight excluding hydrogens is 352 g/mol. The largest absolute Gasteiger partial charge is 0.466 e. The summed E-state index contributed by atoms with van der Waals surface area (Å²) >= 11 is 0. The Morgan fingerprint density at radius 2 is 2.00 bits per heavy atom. The predicted octanol–water partition coefficient (Wildman–Crippen LogP) is 1.97. The molecule has 1 heterocycles. The van der Waals surface area contributed by atoms with Crippen molar-refractivity contribution in [2.45, 2.75) is 58.7 Å². The Labute approximate surface area is 158 Å². The van der Waals surface area contributed by atoms with E-state index in [1.165, 1.54) is 0 Å². The van der Waals surface area contributed by atoms with Crippen LogP contribution in [0, 0.1) is 23.2 Å². The second kappa shape index (κ2) is 7.09. The number of hydrogen-bond acceptors (Lipinski definition) is 7. The molecule has 0 spiro atoms. The fourth-order valence-electron chi connectivity index (χ4n) is 5.14. The quantitative estimate of drug-likeness (QED) is 0.319. The van der Waals surface area contributed by atoms with Crippen LogP contribution in [-0.4, -0.2) is 42.5 Å². The van der Waals surface area contributed by atoms with Crippen LogP contribution in [0.2, 0.25) is 0 Å². The monoisotopic (exact) mass is 378 g/mol. The van der Waals surface area contributed by atoms with Gasteiger partial charge in [0.25, 0.3) is 0 Å². The smallest absolute Gasteiger partial charge is 0.334 e. The van der Waals surface area contributed by atoms with Crippen LogP contribution in [0.1, 0.15) is 46.5 Å². The Hall–Kier alpha value is -2.18. The van der Waals surface area contributed by atoms with Gasteiger partial charge in [0.1, 0.15) is 24.4 Å². The Morgan fingerprint density at radius 3 is 2.67 bits per heavy atom. The van der Waals surface area contributed by atoms with Crippen molar-refractivity contribution >= 4 is 23.7 Å². The molecule has 3 rings (SSSR count). The summed E-state index contributed by atoms with van der Waals surface area (Å²) in [7, 11) is 0. The summed E-state index contributed by atoms with van der Waals surface area (Å²) in [5.74, 6) is -2.39. The molecule has 1 saturated heterocycles. The van der Waals surface area contributed by atoms with Crippen LogP contribution in [-0.2, 0) is 33.4 Å². The first kappa shape index (κ1) is 19.6. The highest BCUT2D eigenvalue weighted by Gasteiger charge is 2.63. The zero-order valence-electron chi connectivity index (χ0n) is 16.0. The van der Waals surface area contributed by atoms with Crippen molar-refractivity contribution < 1.29 is 33.4 Å². The van der Waals surface area contributed by atoms with Crippen LogP contribution in [0.3, 0.4) is 0 Å². The maximum atomic E-state index is 12.9. The van der Waals surface area contributed by atoms with Crippen molar-refractivity contribution in [1.82, 2.24) is 0 Å². The van der Waals surface area contributed by atoms with Gasteiger partial charge < -0.3 is 14.2 Å². The number of Topliss-reactive ketones (excluding diaryl/α,β-unsaturated/α-hetero) is 1. The van der Waals surface area contributed by atoms with Crippen LogP contribution in [0.15, 0.2) is 12.2 Å². The molecular formula is C20H26O7. The zero-order valence-corrected chi connectivity index (χ0v) is 16.0. The minimum Gasteiger partial charge on any atom is -0.466 e. The number of carbonyl (C=O) groups excluding carboxylic acids is 4. The molecule has 7 nitrogen and oxygen atoms in total. The summed E-state index contributed by atoms with van der Waals surface area (Å²) in [5, 5.41) is 0. The van der Waals surface area contributed by atoms with Gasteiger partial charge in [0.15, 0.2) is 0 Å². The van der Waals surface area contributed by atoms with Crippen LogP contribution in [0.25, 0.3) is 0 Å². The molecule has 3 fully saturated rings. The van der Waals surface area contributed by atoms with Crippen molar-refractivity contribution in [2.24, 2.45) is 23.2 Å². The highest BCUT2D eigenvalue weighted by Crippen LogP contribution is 2.56. The van der Waals surface area contributed by atoms with E-state index in [9.17, 15) is 19.2 Å². The summed E-state index contributed by atoms with van der Waals surface area (Å²) in [6.07, 6.45) is -0.176. The first-order valence-corrected chi connectivity index (χ1v) is 9.48. The van der Waals surface area contributed by atoms with Crippen molar-refractivity contribution in [1.29, 1.82) is 0 Å². The number of carbonyl (C=O) groups is 4. The number of esters is 3. The molecule has 2 saturated carbocycles. The van der Waals surface area contributed by atoms with Gasteiger partial charge in [-0.3, -0.25) is 14.4 Å². The van der Waals surface area contributed by atoms with Gasteiger partial charge in [-0.05, 0) is 38.5 Å². The first-order valence-electron chi connectivity index (χ1n) is 9.48. The van der Waals surface area contributed by atoms with E-state index in [0.717, 1.165) is 0 Å². The van der Waals surface area contributed by atoms with Crippen molar-refractivity contribution in [2.75, 3.05) is 6.61 Å². The molecule has 0 bridgehead atoms. The number of rotatable bonds is 4. The molecule has 148 valence electrons. The van der Waals surface area contributed by atoms with E-state index in [4.69, 9.17) is 14.2 Å². The Bertz CT molecular complexity index is 696. The van der Waals surface area contributed by atoms with Crippen LogP contribution in [0.4, 0.5) is 0 Å². The Balaban J connectivity index is 1.95. The van der Waals surface area contributed by atoms with Gasteiger partial charge in [0.2, 0.25) is 0 Å². The molecule has 3 aliphatic rings. The summed E-state index contributed by atoms with van der Waals surface area (Å²) < 4.78 is 16.0. The molecule has 0 amide bonds. The molecule has 2 aliphatic carbocycles. The fourth-order valence-corrected chi connectivity index (χ4v) is 5.14. The minimum absolute atomic E-state index is 0.0149. The van der Waals surface area contributed by atoms with E-state index in [1.807, 2.05) is 13.8 Å². The van der Waals surface area contributed by atoms with Crippen molar-refractivity contribution in [3.63, 3.8) is 0 Å². The third-order valence-electron chi connectivity index (χ3n) is 6.44. The summed E-state index contributed by atoms with van der Waals surface area (Å²) in [4.78, 5) is 49.1. The lowest BCUT2D eigenvalue weighted by molar-refractivity contribution is -0.168. The molecule has 0 unspecified atom stereocenters. The van der Waals surface area contributed by atoms with Gasteiger partial charge in [0, 0.05) is 12.0 Å². The second-order valence-electron chi connectivity index (χ2n) is 7.95. The third kappa shape index (κ3) is 3.17. The highest BCUT2D eigenvalue weighted by molar-refractivity contribution is 5.94. The van der Waals surface area contributed by atoms with Gasteiger partial charge in [-0.15, -0.1) is 0 Å². The summed E-state index contributed by atoms with van der Waals surface area (Å²) in [6.45, 7) is 9.49. The molecule has 0 aromatic carbocycles. The fraction of sp³-hybridized carbons (Fsp3) is 0.700. The van der Waals surface area contributed by atoms with E-state index < -0.39 is 47.9 Å². The van der Waals surface area contributed by atoms with Crippen LogP contribution < -0.4 is 0 Å². The topological polar surface area (TPSA) is 96.0 Å². The normalized spacial score (nSPS) is 37.9. The zero-order chi connectivity index (χ0) is 19.9. The average molecular weight is 378 g/mol. The van der Waals surface area contributed by atoms with Gasteiger partial charge in [0.05, 0.1) is 17.9 Å². The number of hydrogen-bond donors (Lipinski definition) is 0. The minimum atomic E-state index is -0.930. The van der Waals surface area contributed by atoms with Crippen molar-refractivity contribution in [3.8, 4) is 0 Å². The maximum absolute atomic E-state index is 12.9. The van der Waals surface area contributed by atoms with Crippen molar-refractivity contribution in [3.05, 3.63) is 12.2 Å². The Kier molecular flexibility index (Phi) is 5.14. The van der Waals surface area contributed by atoms with E-state index in [2.05, 4.69) is 6.58 Å². The van der Waals surface area contributed by atoms with Gasteiger partial charge in [-0.25, -0.2) is 4.79 Å². The Morgan fingerprint density at radius 1 is 1.30 bits per heavy atom. The highest BCUT2D eigenvalue weighted by atomic mass is 16.6. The van der Waals surface area contributed by atoms with E-state index >= 15 is 0 Å². The van der Waals surface area contributed by atoms with E-state index in [-0.39, 0.29) is 29.8 Å². The second-order valence-corrected chi connectivity index (χ2v) is 7.95. The molecule has 27 heavy (non-hydrogen) atoms. The maximum Gasteiger partial charge on any atom is 0.334 e. The molecule has 0 aromatic heterocycles. The number of fused-ring (bicyclic) bond motifs is 2. The lowest BCUT2D eigenvalue weighted by atomic mass is 9.68. The van der Waals surface area contributed by atoms with E-state index in [0.29, 0.717) is 19.3 Å². The molecule has 7 heteroatoms. The molecule has 1 aliphatic heterocycles. The molecule has 6 atom stereocenters. The SMILES string of the molecule is C=C1C(=O)O[C@@H]2C[C@@H](C)[C@@H]3CCC(=O)[C@@]3(C)[C@@H](OC(=O)CC(=O)OCC)[C@H]12. The van der Waals surface area contributed by atoms with Gasteiger partial charge >= 0.3 is 17.9 Å². The van der Waals surface area contributed by atoms with Crippen LogP contribution in [0.5, 0.6) is 0 Å². The average Bonchev–Trinajstić information content (AvgIpc) is 3.00. The number of ketones is 1. The van der Waals surface area contributed by atoms with Gasteiger partial charge in [-0.1, -0.05) is 13.5 Å². The third-order valence-corrected chi connectivity index (χ3v) is 6.44. The standard InChI is InChI=1S/C20H26O7/c1-5-25-15(22)9-16(23)27-18-17-11(3)19(24)26-13(17)8-10(2)12-6-7-14(21)20(12,18)4/h10,12-13,17-18H,3,5-9H2,1-2,4H3/t10-,12+,13-,17-,18+,20+/m1/s1. The molecule has 0 radical (unpaired) electrons. The summed E-state index contributed by atoms with van der Waals surface area (Å²) in [6, 6.07) is 0. The lowest BCUT2D eigenvalue weighted by Gasteiger charge is -2.39. The summed E-state index contributed by atoms with van der Waals surface area (Å²) in [5.41, 5.74) is -0.706. The lowest BCUT2D eigenvalue weighted by Crippen LogP contribution is -2.49. The number of ether oxygens (including phenoxy) is 3. The molecule has 0 aromatic rings. The van der Waals surface area contributed by atoms with Gasteiger partial charge in [-0.2, -0.15) is 0 Å². The van der Waals surface area contributed by atoms with Crippen LogP contribution >= 0.6 is 0 Å². The predicted molar refractivity (Wildman–Crippen MR) is 93.3 cm³/mol. The van der Waals surface area contributed by atoms with E-state index in [1.54, 1.807) is 6.92 Å². The molecule has 0 N–H and O–H groups in total. The first-order chi connectivity index (χ1) is 12.7.